The molecule has 0 radical (unpaired) electrons. The third kappa shape index (κ3) is 1.86. The molecule has 0 aromatic rings. The molecule has 1 aliphatic rings. The van der Waals surface area contributed by atoms with Crippen molar-refractivity contribution in [2.24, 2.45) is 0 Å². The van der Waals surface area contributed by atoms with Crippen molar-refractivity contribution in [1.82, 2.24) is 0 Å². The van der Waals surface area contributed by atoms with Gasteiger partial charge in [0, 0.05) is 0 Å². The molecule has 1 aliphatic heterocycles. The minimum Gasteiger partial charge on any atom is -0.387 e. The van der Waals surface area contributed by atoms with Crippen LogP contribution in [0.5, 0.6) is 0 Å². The molecule has 4 atom stereocenters. The average Bonchev–Trinajstić information content (AvgIpc) is 2.19. The van der Waals surface area contributed by atoms with Gasteiger partial charge in [-0.3, -0.25) is 0 Å². The number of ether oxygens (including phenoxy) is 1. The monoisotopic (exact) mass is 180 g/mol. The van der Waals surface area contributed by atoms with Crippen LogP contribution in [0.1, 0.15) is 6.42 Å². The van der Waals surface area contributed by atoms with E-state index < -0.39 is 24.6 Å². The van der Waals surface area contributed by atoms with Gasteiger partial charge >= 0.3 is 0 Å². The summed E-state index contributed by atoms with van der Waals surface area (Å²) < 4.78 is 4.83. The van der Waals surface area contributed by atoms with Gasteiger partial charge in [0.1, 0.15) is 12.2 Å². The quantitative estimate of drug-likeness (QED) is 0.401. The molecule has 1 fully saturated rings. The predicted molar refractivity (Wildman–Crippen MR) is 41.4 cm³/mol. The molecule has 1 rings (SSSR count). The van der Waals surface area contributed by atoms with Crippen LogP contribution in [0.15, 0.2) is 0 Å². The Kier molecular flexibility index (Phi) is 3.15. The summed E-state index contributed by atoms with van der Waals surface area (Å²) in [5.41, 5.74) is 0. The zero-order chi connectivity index (χ0) is 8.43. The van der Waals surface area contributed by atoms with Crippen LogP contribution in [0, 0.1) is 0 Å². The maximum Gasteiger partial charge on any atom is 0.183 e. The average molecular weight is 180 g/mol. The summed E-state index contributed by atoms with van der Waals surface area (Å²) >= 11 is 3.94. The first-order valence-electron chi connectivity index (χ1n) is 3.47. The van der Waals surface area contributed by atoms with Gasteiger partial charge in [0.15, 0.2) is 6.29 Å². The molecule has 66 valence electrons. The molecule has 1 saturated heterocycles. The maximum atomic E-state index is 9.19. The lowest BCUT2D eigenvalue weighted by molar-refractivity contribution is -0.127. The van der Waals surface area contributed by atoms with Crippen molar-refractivity contribution in [2.75, 3.05) is 5.75 Å². The lowest BCUT2D eigenvalue weighted by atomic mass is 10.1. The van der Waals surface area contributed by atoms with Crippen molar-refractivity contribution in [1.29, 1.82) is 0 Å². The lowest BCUT2D eigenvalue weighted by Crippen LogP contribution is -2.32. The van der Waals surface area contributed by atoms with Crippen LogP contribution in [-0.4, -0.2) is 45.7 Å². The Morgan fingerprint density at radius 2 is 1.82 bits per heavy atom. The van der Waals surface area contributed by atoms with Gasteiger partial charge in [-0.05, 0) is 12.2 Å². The summed E-state index contributed by atoms with van der Waals surface area (Å²) in [6.07, 6.45) is -3.39. The minimum absolute atomic E-state index is 0.488. The van der Waals surface area contributed by atoms with E-state index in [1.54, 1.807) is 0 Å². The first-order chi connectivity index (χ1) is 5.16. The standard InChI is InChI=1S/C6H12O4S/c7-4-3(1-2-11)10-6(9)5(4)8/h3-9,11H,1-2H2. The van der Waals surface area contributed by atoms with E-state index in [0.29, 0.717) is 12.2 Å². The second kappa shape index (κ2) is 3.73. The van der Waals surface area contributed by atoms with Crippen LogP contribution in [0.25, 0.3) is 0 Å². The normalized spacial score (nSPS) is 44.7. The zero-order valence-electron chi connectivity index (χ0n) is 5.92. The number of hydrogen-bond donors (Lipinski definition) is 4. The van der Waals surface area contributed by atoms with Crippen molar-refractivity contribution >= 4 is 12.6 Å². The third-order valence-corrected chi connectivity index (χ3v) is 2.01. The Morgan fingerprint density at radius 3 is 2.18 bits per heavy atom. The second-order valence-corrected chi connectivity index (χ2v) is 3.01. The molecule has 1 heterocycles. The number of aliphatic hydroxyl groups is 3. The molecule has 3 N–H and O–H groups in total. The van der Waals surface area contributed by atoms with E-state index in [1.165, 1.54) is 0 Å². The van der Waals surface area contributed by atoms with Gasteiger partial charge in [-0.25, -0.2) is 0 Å². The van der Waals surface area contributed by atoms with Crippen molar-refractivity contribution in [2.45, 2.75) is 31.0 Å². The summed E-state index contributed by atoms with van der Waals surface area (Å²) in [5.74, 6) is 0.557. The van der Waals surface area contributed by atoms with Gasteiger partial charge in [-0.2, -0.15) is 12.6 Å². The van der Waals surface area contributed by atoms with E-state index >= 15 is 0 Å². The van der Waals surface area contributed by atoms with Crippen LogP contribution in [0.4, 0.5) is 0 Å². The third-order valence-electron chi connectivity index (χ3n) is 1.75. The molecule has 0 bridgehead atoms. The fraction of sp³-hybridized carbons (Fsp3) is 1.00. The van der Waals surface area contributed by atoms with Gasteiger partial charge in [0.25, 0.3) is 0 Å². The summed E-state index contributed by atoms with van der Waals surface area (Å²) in [6.45, 7) is 0. The highest BCUT2D eigenvalue weighted by molar-refractivity contribution is 7.80. The Labute approximate surface area is 70.2 Å². The Hall–Kier alpha value is 0.190. The number of rotatable bonds is 2. The highest BCUT2D eigenvalue weighted by Crippen LogP contribution is 2.21. The van der Waals surface area contributed by atoms with Crippen LogP contribution in [-0.2, 0) is 4.74 Å². The molecule has 11 heavy (non-hydrogen) atoms. The summed E-state index contributed by atoms with van der Waals surface area (Å²) in [4.78, 5) is 0. The van der Waals surface area contributed by atoms with Crippen LogP contribution < -0.4 is 0 Å². The number of hydrogen-bond acceptors (Lipinski definition) is 5. The van der Waals surface area contributed by atoms with E-state index in [2.05, 4.69) is 12.6 Å². The van der Waals surface area contributed by atoms with Gasteiger partial charge in [-0.15, -0.1) is 0 Å². The highest BCUT2D eigenvalue weighted by atomic mass is 32.1. The van der Waals surface area contributed by atoms with E-state index in [1.807, 2.05) is 0 Å². The van der Waals surface area contributed by atoms with E-state index in [4.69, 9.17) is 14.9 Å². The van der Waals surface area contributed by atoms with Crippen molar-refractivity contribution in [3.8, 4) is 0 Å². The molecule has 0 aromatic heterocycles. The van der Waals surface area contributed by atoms with Gasteiger partial charge in [0.2, 0.25) is 0 Å². The molecule has 0 amide bonds. The molecule has 4 unspecified atom stereocenters. The molecule has 0 saturated carbocycles. The van der Waals surface area contributed by atoms with Crippen molar-refractivity contribution in [3.63, 3.8) is 0 Å². The Morgan fingerprint density at radius 1 is 1.18 bits per heavy atom. The number of thiol groups is 1. The SMILES string of the molecule is OC1OC(CCS)C(O)C1O. The maximum absolute atomic E-state index is 9.19. The largest absolute Gasteiger partial charge is 0.387 e. The molecular formula is C6H12O4S. The van der Waals surface area contributed by atoms with Crippen LogP contribution in [0.3, 0.4) is 0 Å². The van der Waals surface area contributed by atoms with Gasteiger partial charge in [-0.1, -0.05) is 0 Å². The fourth-order valence-electron chi connectivity index (χ4n) is 1.09. The predicted octanol–water partition coefficient (Wildman–Crippen LogP) is -1.25. The first kappa shape index (κ1) is 9.28. The molecule has 0 aliphatic carbocycles. The minimum atomic E-state index is -1.25. The van der Waals surface area contributed by atoms with Crippen LogP contribution in [0.2, 0.25) is 0 Å². The van der Waals surface area contributed by atoms with Gasteiger partial charge in [0.05, 0.1) is 6.10 Å². The number of aliphatic hydroxyl groups excluding tert-OH is 3. The van der Waals surface area contributed by atoms with E-state index in [9.17, 15) is 5.11 Å². The molecule has 5 heteroatoms. The summed E-state index contributed by atoms with van der Waals surface area (Å²) in [7, 11) is 0. The van der Waals surface area contributed by atoms with Crippen LogP contribution >= 0.6 is 12.6 Å². The Balaban J connectivity index is 2.45. The van der Waals surface area contributed by atoms with Crippen molar-refractivity contribution < 1.29 is 20.1 Å². The molecule has 0 spiro atoms. The highest BCUT2D eigenvalue weighted by Gasteiger charge is 2.40. The van der Waals surface area contributed by atoms with E-state index in [0.717, 1.165) is 0 Å². The first-order valence-corrected chi connectivity index (χ1v) is 4.10. The molecule has 4 nitrogen and oxygen atoms in total. The lowest BCUT2D eigenvalue weighted by Gasteiger charge is -2.11. The summed E-state index contributed by atoms with van der Waals surface area (Å²) in [5, 5.41) is 27.1. The van der Waals surface area contributed by atoms with Gasteiger partial charge < -0.3 is 20.1 Å². The van der Waals surface area contributed by atoms with Crippen molar-refractivity contribution in [3.05, 3.63) is 0 Å². The van der Waals surface area contributed by atoms with E-state index in [-0.39, 0.29) is 0 Å². The Bertz CT molecular complexity index is 132. The zero-order valence-corrected chi connectivity index (χ0v) is 6.82. The second-order valence-electron chi connectivity index (χ2n) is 2.56. The topological polar surface area (TPSA) is 69.9 Å². The molecular weight excluding hydrogens is 168 g/mol. The summed E-state index contributed by atoms with van der Waals surface area (Å²) in [6, 6.07) is 0. The fourth-order valence-corrected chi connectivity index (χ4v) is 1.35. The molecule has 0 aromatic carbocycles. The smallest absolute Gasteiger partial charge is 0.183 e.